The maximum Gasteiger partial charge on any atom is 0.305 e. The quantitative estimate of drug-likeness (QED) is 0.0320. The Kier molecular flexibility index (Phi) is 66.4. The molecular weight excluding hydrogens is 971 g/mol. The van der Waals surface area contributed by atoms with Crippen molar-refractivity contribution in [2.24, 2.45) is 0 Å². The van der Waals surface area contributed by atoms with E-state index in [1.54, 1.807) is 0 Å². The third-order valence-electron chi connectivity index (χ3n) is 16.4. The summed E-state index contributed by atoms with van der Waals surface area (Å²) in [6, 6.07) is -0.542. The lowest BCUT2D eigenvalue weighted by Crippen LogP contribution is -2.45. The fourth-order valence-corrected chi connectivity index (χ4v) is 10.9. The maximum absolute atomic E-state index is 12.5. The maximum atomic E-state index is 12.5. The van der Waals surface area contributed by atoms with Crippen molar-refractivity contribution < 1.29 is 24.5 Å². The van der Waals surface area contributed by atoms with Crippen LogP contribution in [0, 0.1) is 0 Å². The first-order valence-corrected chi connectivity index (χ1v) is 35.4. The summed E-state index contributed by atoms with van der Waals surface area (Å²) in [4.78, 5) is 24.6. The number of allylic oxidation sites excluding steroid dienone is 8. The molecule has 0 aliphatic heterocycles. The summed E-state index contributed by atoms with van der Waals surface area (Å²) >= 11 is 0. The minimum absolute atomic E-state index is 0.000778. The predicted molar refractivity (Wildman–Crippen MR) is 347 cm³/mol. The van der Waals surface area contributed by atoms with Gasteiger partial charge in [0.05, 0.1) is 25.4 Å². The topological polar surface area (TPSA) is 95.9 Å². The van der Waals surface area contributed by atoms with E-state index in [2.05, 4.69) is 67.8 Å². The summed E-state index contributed by atoms with van der Waals surface area (Å²) in [5.41, 5.74) is 0. The van der Waals surface area contributed by atoms with Crippen LogP contribution in [0.4, 0.5) is 0 Å². The highest BCUT2D eigenvalue weighted by Crippen LogP contribution is 2.18. The Balaban J connectivity index is 3.40. The number of rotatable bonds is 66. The zero-order valence-corrected chi connectivity index (χ0v) is 53.1. The first-order valence-electron chi connectivity index (χ1n) is 35.4. The summed E-state index contributed by atoms with van der Waals surface area (Å²) in [5.74, 6) is -0.0327. The lowest BCUT2D eigenvalue weighted by molar-refractivity contribution is -0.143. The van der Waals surface area contributed by atoms with Crippen molar-refractivity contribution in [3.63, 3.8) is 0 Å². The number of hydrogen-bond donors (Lipinski definition) is 3. The number of aliphatic hydroxyl groups excluding tert-OH is 2. The number of nitrogens with one attached hydrogen (secondary N) is 1. The van der Waals surface area contributed by atoms with Crippen molar-refractivity contribution in [3.05, 3.63) is 48.6 Å². The van der Waals surface area contributed by atoms with Gasteiger partial charge in [-0.05, 0) is 89.9 Å². The first kappa shape index (κ1) is 76.8. The Morgan fingerprint density at radius 1 is 0.354 bits per heavy atom. The number of hydrogen-bond acceptors (Lipinski definition) is 5. The third kappa shape index (κ3) is 64.8. The molecule has 0 bridgehead atoms. The monoisotopic (exact) mass is 1110 g/mol. The number of aliphatic hydroxyl groups is 2. The molecule has 0 aliphatic carbocycles. The lowest BCUT2D eigenvalue weighted by Gasteiger charge is -2.22. The SMILES string of the molecule is CCCCC/C=C\C/C=C\CCCCCCCC(=O)OCCCCCCCCCCC/C=C\C/C=C\CCCCCCCCCCCCCCCCCC(=O)NC(CO)C(O)CCCCCCCCCCCCCCCCCC. The van der Waals surface area contributed by atoms with E-state index < -0.39 is 12.1 Å². The molecule has 0 saturated heterocycles. The molecule has 0 aromatic carbocycles. The average Bonchev–Trinajstić information content (AvgIpc) is 3.45. The van der Waals surface area contributed by atoms with Crippen LogP contribution in [0.25, 0.3) is 0 Å². The van der Waals surface area contributed by atoms with Gasteiger partial charge >= 0.3 is 5.97 Å². The van der Waals surface area contributed by atoms with Gasteiger partial charge in [-0.15, -0.1) is 0 Å². The van der Waals surface area contributed by atoms with Crippen LogP contribution in [-0.2, 0) is 14.3 Å². The summed E-state index contributed by atoms with van der Waals surface area (Å²) in [6.45, 7) is 4.94. The molecule has 6 nitrogen and oxygen atoms in total. The summed E-state index contributed by atoms with van der Waals surface area (Å²) in [6.07, 6.45) is 88.7. The van der Waals surface area contributed by atoms with Gasteiger partial charge in [-0.3, -0.25) is 9.59 Å². The van der Waals surface area contributed by atoms with Crippen LogP contribution >= 0.6 is 0 Å². The Labute approximate surface area is 493 Å². The lowest BCUT2D eigenvalue weighted by atomic mass is 10.0. The molecule has 0 saturated carbocycles. The molecule has 2 unspecified atom stereocenters. The van der Waals surface area contributed by atoms with Crippen molar-refractivity contribution >= 4 is 11.9 Å². The van der Waals surface area contributed by atoms with Gasteiger partial charge < -0.3 is 20.3 Å². The molecule has 2 atom stereocenters. The Morgan fingerprint density at radius 2 is 0.633 bits per heavy atom. The summed E-state index contributed by atoms with van der Waals surface area (Å²) in [5, 5.41) is 23.4. The van der Waals surface area contributed by atoms with Gasteiger partial charge in [-0.25, -0.2) is 0 Å². The Morgan fingerprint density at radius 3 is 0.987 bits per heavy atom. The number of amides is 1. The van der Waals surface area contributed by atoms with Crippen LogP contribution in [-0.4, -0.2) is 47.4 Å². The minimum Gasteiger partial charge on any atom is -0.466 e. The standard InChI is InChI=1S/C73H137NO5/c1-3-5-7-9-11-13-15-17-19-38-41-45-49-53-57-61-65-71(76)70(69-75)74-72(77)66-62-58-54-50-46-42-39-35-33-31-29-27-25-23-21-20-22-24-26-28-30-32-34-36-40-44-48-52-56-60-64-68-79-73(78)67-63-59-55-51-47-43-37-18-16-14-12-10-8-6-4-2/h12,14,18,22,24,28,30,37,70-71,75-76H,3-11,13,15-17,19-21,23,25-27,29,31-36,38-69H2,1-2H3,(H,74,77)/b14-12-,24-22-,30-28-,37-18-. The fraction of sp³-hybridized carbons (Fsp3) is 0.863. The molecule has 0 spiro atoms. The van der Waals surface area contributed by atoms with E-state index in [0.29, 0.717) is 25.9 Å². The second-order valence-electron chi connectivity index (χ2n) is 24.2. The molecule has 0 rings (SSSR count). The zero-order chi connectivity index (χ0) is 57.1. The highest BCUT2D eigenvalue weighted by Gasteiger charge is 2.20. The van der Waals surface area contributed by atoms with Gasteiger partial charge in [-0.2, -0.15) is 0 Å². The molecule has 79 heavy (non-hydrogen) atoms. The van der Waals surface area contributed by atoms with E-state index in [9.17, 15) is 19.8 Å². The van der Waals surface area contributed by atoms with Crippen LogP contribution in [0.15, 0.2) is 48.6 Å². The zero-order valence-electron chi connectivity index (χ0n) is 53.1. The van der Waals surface area contributed by atoms with Crippen molar-refractivity contribution in [2.75, 3.05) is 13.2 Å². The number of esters is 1. The van der Waals surface area contributed by atoms with Crippen LogP contribution < -0.4 is 5.32 Å². The number of carbonyl (C=O) groups excluding carboxylic acids is 2. The smallest absolute Gasteiger partial charge is 0.305 e. The van der Waals surface area contributed by atoms with E-state index in [0.717, 1.165) is 57.8 Å². The van der Waals surface area contributed by atoms with E-state index in [-0.39, 0.29) is 18.5 Å². The number of unbranched alkanes of at least 4 members (excludes halogenated alkanes) is 47. The normalized spacial score (nSPS) is 12.8. The molecule has 464 valence electrons. The van der Waals surface area contributed by atoms with Crippen LogP contribution in [0.2, 0.25) is 0 Å². The minimum atomic E-state index is -0.664. The third-order valence-corrected chi connectivity index (χ3v) is 16.4. The van der Waals surface area contributed by atoms with Crippen molar-refractivity contribution in [2.45, 2.75) is 392 Å². The van der Waals surface area contributed by atoms with Crippen LogP contribution in [0.3, 0.4) is 0 Å². The molecule has 0 radical (unpaired) electrons. The Hall–Kier alpha value is -2.18. The van der Waals surface area contributed by atoms with Crippen molar-refractivity contribution in [3.8, 4) is 0 Å². The van der Waals surface area contributed by atoms with E-state index in [1.165, 1.54) is 289 Å². The molecule has 0 aromatic rings. The van der Waals surface area contributed by atoms with Gasteiger partial charge in [-0.1, -0.05) is 326 Å². The second kappa shape index (κ2) is 68.3. The van der Waals surface area contributed by atoms with Crippen molar-refractivity contribution in [1.82, 2.24) is 5.32 Å². The molecule has 0 fully saturated rings. The number of ether oxygens (including phenoxy) is 1. The predicted octanol–water partition coefficient (Wildman–Crippen LogP) is 22.9. The van der Waals surface area contributed by atoms with Gasteiger partial charge in [0.25, 0.3) is 0 Å². The highest BCUT2D eigenvalue weighted by molar-refractivity contribution is 5.76. The van der Waals surface area contributed by atoms with Gasteiger partial charge in [0, 0.05) is 12.8 Å². The van der Waals surface area contributed by atoms with Gasteiger partial charge in [0.1, 0.15) is 0 Å². The van der Waals surface area contributed by atoms with E-state index >= 15 is 0 Å². The van der Waals surface area contributed by atoms with Gasteiger partial charge in [0.15, 0.2) is 0 Å². The van der Waals surface area contributed by atoms with E-state index in [1.807, 2.05) is 0 Å². The number of carbonyl (C=O) groups is 2. The highest BCUT2D eigenvalue weighted by atomic mass is 16.5. The van der Waals surface area contributed by atoms with Crippen molar-refractivity contribution in [1.29, 1.82) is 0 Å². The molecule has 6 heteroatoms. The van der Waals surface area contributed by atoms with Crippen LogP contribution in [0.1, 0.15) is 380 Å². The molecule has 1 amide bonds. The average molecular weight is 1110 g/mol. The largest absolute Gasteiger partial charge is 0.466 e. The molecule has 0 aliphatic rings. The molecule has 3 N–H and O–H groups in total. The summed E-state index contributed by atoms with van der Waals surface area (Å²) in [7, 11) is 0. The molecule has 0 heterocycles. The summed E-state index contributed by atoms with van der Waals surface area (Å²) < 4.78 is 5.48. The van der Waals surface area contributed by atoms with Crippen LogP contribution in [0.5, 0.6) is 0 Å². The molecule has 0 aromatic heterocycles. The molecular formula is C73H137NO5. The first-order chi connectivity index (χ1) is 39.0. The van der Waals surface area contributed by atoms with E-state index in [4.69, 9.17) is 4.74 Å². The second-order valence-corrected chi connectivity index (χ2v) is 24.2. The van der Waals surface area contributed by atoms with Gasteiger partial charge in [0.2, 0.25) is 5.91 Å². The Bertz CT molecular complexity index is 1320. The fourth-order valence-electron chi connectivity index (χ4n) is 10.9.